The van der Waals surface area contributed by atoms with E-state index >= 15 is 0 Å². The van der Waals surface area contributed by atoms with Gasteiger partial charge in [0.25, 0.3) is 5.91 Å². The van der Waals surface area contributed by atoms with Crippen molar-refractivity contribution in [1.29, 1.82) is 0 Å². The van der Waals surface area contributed by atoms with Gasteiger partial charge in [-0.25, -0.2) is 4.79 Å². The predicted molar refractivity (Wildman–Crippen MR) is 96.3 cm³/mol. The number of likely N-dealkylation sites (N-methyl/N-ethyl adjacent to an activating group) is 1. The van der Waals surface area contributed by atoms with Gasteiger partial charge < -0.3 is 10.1 Å². The van der Waals surface area contributed by atoms with Crippen LogP contribution in [-0.4, -0.2) is 25.5 Å². The molecule has 0 aliphatic heterocycles. The highest BCUT2D eigenvalue weighted by Crippen LogP contribution is 2.27. The van der Waals surface area contributed by atoms with Gasteiger partial charge in [0.1, 0.15) is 0 Å². The first-order valence-electron chi connectivity index (χ1n) is 7.66. The Morgan fingerprint density at radius 3 is 2.62 bits per heavy atom. The molecule has 0 aliphatic carbocycles. The fraction of sp³-hybridized carbons (Fsp3) is 0.263. The van der Waals surface area contributed by atoms with E-state index in [1.807, 2.05) is 18.2 Å². The summed E-state index contributed by atoms with van der Waals surface area (Å²) in [6, 6.07) is 13.7. The van der Waals surface area contributed by atoms with Gasteiger partial charge in [0, 0.05) is 17.7 Å². The van der Waals surface area contributed by atoms with Crippen molar-refractivity contribution in [2.75, 3.05) is 13.7 Å². The van der Waals surface area contributed by atoms with E-state index in [0.29, 0.717) is 5.56 Å². The largest absolute Gasteiger partial charge is 0.452 e. The van der Waals surface area contributed by atoms with Crippen molar-refractivity contribution < 1.29 is 14.3 Å². The number of nitrogens with one attached hydrogen (secondary N) is 1. The van der Waals surface area contributed by atoms with E-state index in [9.17, 15) is 9.59 Å². The van der Waals surface area contributed by atoms with Crippen LogP contribution in [0.2, 0.25) is 0 Å². The van der Waals surface area contributed by atoms with Crippen molar-refractivity contribution in [2.24, 2.45) is 0 Å². The lowest BCUT2D eigenvalue weighted by Gasteiger charge is -2.08. The quantitative estimate of drug-likeness (QED) is 0.644. The number of carbonyl (C=O) groups is 2. The Hall–Kier alpha value is -2.27. The fourth-order valence-electron chi connectivity index (χ4n) is 2.20. The van der Waals surface area contributed by atoms with E-state index in [1.165, 1.54) is 23.1 Å². The number of thioether (sulfide) groups is 1. The molecule has 0 bridgehead atoms. The van der Waals surface area contributed by atoms with Crippen LogP contribution in [0.15, 0.2) is 47.4 Å². The first-order chi connectivity index (χ1) is 11.5. The summed E-state index contributed by atoms with van der Waals surface area (Å²) >= 11 is 1.73. The Labute approximate surface area is 146 Å². The summed E-state index contributed by atoms with van der Waals surface area (Å²) in [4.78, 5) is 24.3. The van der Waals surface area contributed by atoms with Crippen LogP contribution in [0, 0.1) is 13.8 Å². The zero-order valence-electron chi connectivity index (χ0n) is 14.1. The molecule has 0 spiro atoms. The summed E-state index contributed by atoms with van der Waals surface area (Å²) < 4.78 is 4.97. The Bertz CT molecular complexity index is 743. The van der Waals surface area contributed by atoms with E-state index in [0.717, 1.165) is 11.3 Å². The second-order valence-electron chi connectivity index (χ2n) is 5.51. The van der Waals surface area contributed by atoms with E-state index in [4.69, 9.17) is 4.74 Å². The third kappa shape index (κ3) is 5.13. The van der Waals surface area contributed by atoms with Crippen LogP contribution < -0.4 is 5.32 Å². The average molecular weight is 343 g/mol. The van der Waals surface area contributed by atoms with Crippen LogP contribution in [0.5, 0.6) is 0 Å². The molecule has 126 valence electrons. The molecular formula is C19H21NO3S. The second-order valence-corrected chi connectivity index (χ2v) is 6.52. The Kier molecular flexibility index (Phi) is 6.44. The predicted octanol–water partition coefficient (Wildman–Crippen LogP) is 3.50. The van der Waals surface area contributed by atoms with Gasteiger partial charge in [0.15, 0.2) is 6.61 Å². The SMILES string of the molecule is CNC(=O)COC(=O)c1cccc(CSc2ccc(C)cc2C)c1. The van der Waals surface area contributed by atoms with Crippen molar-refractivity contribution >= 4 is 23.6 Å². The van der Waals surface area contributed by atoms with Crippen molar-refractivity contribution in [3.8, 4) is 0 Å². The first kappa shape index (κ1) is 18.1. The van der Waals surface area contributed by atoms with Crippen LogP contribution in [0.3, 0.4) is 0 Å². The number of rotatable bonds is 6. The third-order valence-electron chi connectivity index (χ3n) is 3.50. The molecule has 2 aromatic carbocycles. The number of benzene rings is 2. The molecule has 0 aliphatic rings. The standard InChI is InChI=1S/C19H21NO3S/c1-13-7-8-17(14(2)9-13)24-12-15-5-4-6-16(10-15)19(22)23-11-18(21)20-3/h4-10H,11-12H2,1-3H3,(H,20,21). The first-order valence-corrected chi connectivity index (χ1v) is 8.65. The molecule has 0 radical (unpaired) electrons. The lowest BCUT2D eigenvalue weighted by molar-refractivity contribution is -0.123. The maximum Gasteiger partial charge on any atom is 0.338 e. The molecule has 0 atom stereocenters. The van der Waals surface area contributed by atoms with Crippen molar-refractivity contribution in [3.63, 3.8) is 0 Å². The number of aryl methyl sites for hydroxylation is 2. The summed E-state index contributed by atoms with van der Waals surface area (Å²) in [5, 5.41) is 2.41. The zero-order chi connectivity index (χ0) is 17.5. The number of hydrogen-bond acceptors (Lipinski definition) is 4. The molecule has 0 saturated heterocycles. The fourth-order valence-corrected chi connectivity index (χ4v) is 3.15. The molecule has 24 heavy (non-hydrogen) atoms. The molecular weight excluding hydrogens is 322 g/mol. The number of carbonyl (C=O) groups excluding carboxylic acids is 2. The van der Waals surface area contributed by atoms with Gasteiger partial charge in [-0.15, -0.1) is 11.8 Å². The topological polar surface area (TPSA) is 55.4 Å². The van der Waals surface area contributed by atoms with Crippen LogP contribution in [0.25, 0.3) is 0 Å². The molecule has 1 amide bonds. The highest BCUT2D eigenvalue weighted by molar-refractivity contribution is 7.98. The van der Waals surface area contributed by atoms with Gasteiger partial charge in [0.05, 0.1) is 5.56 Å². The summed E-state index contributed by atoms with van der Waals surface area (Å²) in [5.74, 6) is -0.0534. The van der Waals surface area contributed by atoms with Gasteiger partial charge in [-0.3, -0.25) is 4.79 Å². The number of ether oxygens (including phenoxy) is 1. The molecule has 1 N–H and O–H groups in total. The number of hydrogen-bond donors (Lipinski definition) is 1. The van der Waals surface area contributed by atoms with E-state index in [2.05, 4.69) is 37.4 Å². The Morgan fingerprint density at radius 1 is 1.12 bits per heavy atom. The van der Waals surface area contributed by atoms with Gasteiger partial charge >= 0.3 is 5.97 Å². The van der Waals surface area contributed by atoms with Crippen LogP contribution in [0.1, 0.15) is 27.0 Å². The lowest BCUT2D eigenvalue weighted by Crippen LogP contribution is -2.25. The molecule has 0 saturated carbocycles. The highest BCUT2D eigenvalue weighted by atomic mass is 32.2. The number of esters is 1. The van der Waals surface area contributed by atoms with E-state index in [1.54, 1.807) is 17.8 Å². The van der Waals surface area contributed by atoms with E-state index in [-0.39, 0.29) is 12.5 Å². The molecule has 0 unspecified atom stereocenters. The molecule has 5 heteroatoms. The molecule has 2 rings (SSSR count). The molecule has 0 fully saturated rings. The zero-order valence-corrected chi connectivity index (χ0v) is 14.9. The minimum Gasteiger partial charge on any atom is -0.452 e. The van der Waals surface area contributed by atoms with Crippen LogP contribution in [-0.2, 0) is 15.3 Å². The van der Waals surface area contributed by atoms with Gasteiger partial charge in [-0.2, -0.15) is 0 Å². The van der Waals surface area contributed by atoms with Crippen molar-refractivity contribution in [1.82, 2.24) is 5.32 Å². The summed E-state index contributed by atoms with van der Waals surface area (Å²) in [7, 11) is 1.50. The molecule has 0 heterocycles. The molecule has 4 nitrogen and oxygen atoms in total. The second kappa shape index (κ2) is 8.55. The monoisotopic (exact) mass is 343 g/mol. The summed E-state index contributed by atoms with van der Waals surface area (Å²) in [5.41, 5.74) is 3.99. The van der Waals surface area contributed by atoms with Gasteiger partial charge in [-0.05, 0) is 43.2 Å². The lowest BCUT2D eigenvalue weighted by atomic mass is 10.1. The minimum absolute atomic E-state index is 0.267. The normalized spacial score (nSPS) is 10.3. The maximum atomic E-state index is 12.0. The van der Waals surface area contributed by atoms with Gasteiger partial charge in [-0.1, -0.05) is 29.8 Å². The Morgan fingerprint density at radius 2 is 1.92 bits per heavy atom. The minimum atomic E-state index is -0.489. The van der Waals surface area contributed by atoms with Crippen molar-refractivity contribution in [3.05, 3.63) is 64.7 Å². The number of amides is 1. The molecule has 2 aromatic rings. The smallest absolute Gasteiger partial charge is 0.338 e. The van der Waals surface area contributed by atoms with E-state index < -0.39 is 5.97 Å². The third-order valence-corrected chi connectivity index (χ3v) is 4.75. The summed E-state index contributed by atoms with van der Waals surface area (Å²) in [6.45, 7) is 3.91. The average Bonchev–Trinajstić information content (AvgIpc) is 2.58. The van der Waals surface area contributed by atoms with Crippen LogP contribution in [0.4, 0.5) is 0 Å². The maximum absolute atomic E-state index is 12.0. The van der Waals surface area contributed by atoms with Crippen LogP contribution >= 0.6 is 11.8 Å². The van der Waals surface area contributed by atoms with Gasteiger partial charge in [0.2, 0.25) is 0 Å². The Balaban J connectivity index is 1.99. The molecule has 0 aromatic heterocycles. The highest BCUT2D eigenvalue weighted by Gasteiger charge is 2.10. The van der Waals surface area contributed by atoms with Crippen molar-refractivity contribution in [2.45, 2.75) is 24.5 Å². The summed E-state index contributed by atoms with van der Waals surface area (Å²) in [6.07, 6.45) is 0.